The third-order valence-corrected chi connectivity index (χ3v) is 9.29. The molecular weight excluding hydrogens is 694 g/mol. The molecule has 0 radical (unpaired) electrons. The zero-order valence-electron chi connectivity index (χ0n) is 31.7. The van der Waals surface area contributed by atoms with Crippen molar-refractivity contribution in [3.8, 4) is 5.75 Å². The van der Waals surface area contributed by atoms with Gasteiger partial charge in [0.15, 0.2) is 0 Å². The lowest BCUT2D eigenvalue weighted by atomic mass is 10.0. The minimum atomic E-state index is -1.07. The Morgan fingerprint density at radius 1 is 0.722 bits per heavy atom. The van der Waals surface area contributed by atoms with Crippen LogP contribution in [0.3, 0.4) is 0 Å². The molecular formula is C41H57N3O10. The van der Waals surface area contributed by atoms with Crippen LogP contribution in [0.4, 0.5) is 5.69 Å². The summed E-state index contributed by atoms with van der Waals surface area (Å²) < 4.78 is 28.1. The maximum atomic E-state index is 13.2. The molecule has 13 nitrogen and oxygen atoms in total. The highest BCUT2D eigenvalue weighted by atomic mass is 16.6. The first-order valence-corrected chi connectivity index (χ1v) is 19.6. The number of carbonyl (C=O) groups is 5. The molecule has 0 spiro atoms. The van der Waals surface area contributed by atoms with Crippen molar-refractivity contribution in [1.82, 2.24) is 10.2 Å². The van der Waals surface area contributed by atoms with Crippen molar-refractivity contribution >= 4 is 35.2 Å². The predicted molar refractivity (Wildman–Crippen MR) is 203 cm³/mol. The minimum Gasteiger partial charge on any atom is -0.491 e. The number of ether oxygens (including phenoxy) is 5. The molecule has 296 valence electrons. The van der Waals surface area contributed by atoms with Gasteiger partial charge in [-0.3, -0.25) is 34.2 Å². The number of fused-ring (bicyclic) bond motifs is 1. The highest BCUT2D eigenvalue weighted by Gasteiger charge is 2.45. The van der Waals surface area contributed by atoms with Gasteiger partial charge in [-0.15, -0.1) is 0 Å². The van der Waals surface area contributed by atoms with E-state index in [1.807, 2.05) is 12.1 Å². The van der Waals surface area contributed by atoms with Crippen LogP contribution < -0.4 is 15.4 Å². The summed E-state index contributed by atoms with van der Waals surface area (Å²) in [6.45, 7) is 6.63. The zero-order chi connectivity index (χ0) is 38.4. The quantitative estimate of drug-likeness (QED) is 0.0824. The number of aryl methyl sites for hydroxylation is 1. The van der Waals surface area contributed by atoms with Crippen molar-refractivity contribution in [3.05, 3.63) is 59.2 Å². The Morgan fingerprint density at radius 2 is 1.35 bits per heavy atom. The van der Waals surface area contributed by atoms with E-state index in [1.165, 1.54) is 50.2 Å². The van der Waals surface area contributed by atoms with Crippen molar-refractivity contribution in [2.75, 3.05) is 64.8 Å². The van der Waals surface area contributed by atoms with Crippen molar-refractivity contribution in [3.63, 3.8) is 0 Å². The number of rotatable bonds is 28. The topological polar surface area (TPSA) is 159 Å². The van der Waals surface area contributed by atoms with E-state index in [0.29, 0.717) is 65.9 Å². The second-order valence-electron chi connectivity index (χ2n) is 13.5. The van der Waals surface area contributed by atoms with Gasteiger partial charge in [0.1, 0.15) is 18.4 Å². The average molecular weight is 752 g/mol. The predicted octanol–water partition coefficient (Wildman–Crippen LogP) is 5.64. The Kier molecular flexibility index (Phi) is 19.1. The Bertz CT molecular complexity index is 1500. The number of piperidine rings is 1. The molecule has 2 aromatic rings. The van der Waals surface area contributed by atoms with Crippen LogP contribution in [0.25, 0.3) is 0 Å². The Labute approximate surface area is 318 Å². The highest BCUT2D eigenvalue weighted by Crippen LogP contribution is 2.32. The number of nitrogens with zero attached hydrogens (tertiary/aromatic N) is 1. The molecule has 1 fully saturated rings. The monoisotopic (exact) mass is 751 g/mol. The molecule has 2 aromatic carbocycles. The maximum absolute atomic E-state index is 13.2. The molecule has 0 aliphatic carbocycles. The summed E-state index contributed by atoms with van der Waals surface area (Å²) >= 11 is 0. The minimum absolute atomic E-state index is 0.0341. The van der Waals surface area contributed by atoms with Crippen LogP contribution in [0.1, 0.15) is 110 Å². The van der Waals surface area contributed by atoms with Crippen molar-refractivity contribution < 1.29 is 47.7 Å². The Morgan fingerprint density at radius 3 is 2.04 bits per heavy atom. The van der Waals surface area contributed by atoms with E-state index in [4.69, 9.17) is 23.7 Å². The van der Waals surface area contributed by atoms with E-state index in [9.17, 15) is 24.0 Å². The van der Waals surface area contributed by atoms with Gasteiger partial charge in [0.2, 0.25) is 17.7 Å². The third-order valence-electron chi connectivity index (χ3n) is 9.29. The molecule has 54 heavy (non-hydrogen) atoms. The first-order valence-electron chi connectivity index (χ1n) is 19.6. The van der Waals surface area contributed by atoms with Crippen LogP contribution in [0, 0.1) is 0 Å². The molecule has 2 N–H and O–H groups in total. The van der Waals surface area contributed by atoms with Gasteiger partial charge < -0.3 is 29.0 Å². The number of hydrogen-bond donors (Lipinski definition) is 2. The highest BCUT2D eigenvalue weighted by molar-refractivity contribution is 6.26. The summed E-state index contributed by atoms with van der Waals surface area (Å²) in [6, 6.07) is 11.9. The van der Waals surface area contributed by atoms with Crippen LogP contribution in [-0.4, -0.2) is 99.9 Å². The van der Waals surface area contributed by atoms with Gasteiger partial charge in [0, 0.05) is 19.4 Å². The van der Waals surface area contributed by atoms with Gasteiger partial charge in [-0.2, -0.15) is 0 Å². The smallest absolute Gasteiger partial charge is 0.264 e. The fraction of sp³-hybridized carbons (Fsp3) is 0.585. The van der Waals surface area contributed by atoms with E-state index < -0.39 is 29.7 Å². The molecule has 0 saturated carbocycles. The van der Waals surface area contributed by atoms with Crippen molar-refractivity contribution in [1.29, 1.82) is 0 Å². The van der Waals surface area contributed by atoms with E-state index in [-0.39, 0.29) is 42.0 Å². The number of amides is 5. The van der Waals surface area contributed by atoms with Crippen LogP contribution in [0.5, 0.6) is 5.75 Å². The van der Waals surface area contributed by atoms with Gasteiger partial charge in [-0.1, -0.05) is 63.6 Å². The van der Waals surface area contributed by atoms with Gasteiger partial charge in [0.25, 0.3) is 11.8 Å². The molecule has 2 aliphatic rings. The molecule has 4 rings (SSSR count). The summed E-state index contributed by atoms with van der Waals surface area (Å²) in [5.41, 5.74) is 1.76. The summed E-state index contributed by atoms with van der Waals surface area (Å²) in [5.74, 6) is -1.82. The molecule has 2 heterocycles. The number of carbonyl (C=O) groups excluding carboxylic acids is 5. The largest absolute Gasteiger partial charge is 0.491 e. The third kappa shape index (κ3) is 14.2. The van der Waals surface area contributed by atoms with Crippen LogP contribution in [0.15, 0.2) is 42.5 Å². The Hall–Kier alpha value is -4.17. The maximum Gasteiger partial charge on any atom is 0.264 e. The van der Waals surface area contributed by atoms with E-state index in [0.717, 1.165) is 29.9 Å². The fourth-order valence-corrected chi connectivity index (χ4v) is 6.34. The first-order chi connectivity index (χ1) is 26.4. The molecule has 1 saturated heterocycles. The normalized spacial score (nSPS) is 15.4. The molecule has 0 bridgehead atoms. The number of anilines is 1. The lowest BCUT2D eigenvalue weighted by molar-refractivity contribution is -0.136. The van der Waals surface area contributed by atoms with Gasteiger partial charge in [-0.25, -0.2) is 0 Å². The molecule has 13 heteroatoms. The molecule has 2 aliphatic heterocycles. The van der Waals surface area contributed by atoms with Gasteiger partial charge in [0.05, 0.1) is 63.1 Å². The molecule has 0 aromatic heterocycles. The molecule has 5 amide bonds. The second-order valence-corrected chi connectivity index (χ2v) is 13.5. The standard InChI is InChI=1S/C41H57N3O10/c1-2-3-4-5-6-8-12-31-16-18-32(19-17-31)54-30-29-53-28-27-52-26-25-51-24-23-50-22-10-7-9-15-36(45)42-34-14-11-13-33-38(34)41(49)44(40(33)48)35-20-21-37(46)43-39(35)47/h11,13-14,16-19,35H,2-10,12,15,20-30H2,1H3,(H,42,45)(H,43,46,47). The summed E-state index contributed by atoms with van der Waals surface area (Å²) in [4.78, 5) is 63.5. The average Bonchev–Trinajstić information content (AvgIpc) is 3.42. The van der Waals surface area contributed by atoms with E-state index in [2.05, 4.69) is 29.7 Å². The summed E-state index contributed by atoms with van der Waals surface area (Å²) in [5, 5.41) is 4.92. The summed E-state index contributed by atoms with van der Waals surface area (Å²) in [7, 11) is 0. The number of benzene rings is 2. The van der Waals surface area contributed by atoms with Gasteiger partial charge >= 0.3 is 0 Å². The van der Waals surface area contributed by atoms with Gasteiger partial charge in [-0.05, 0) is 61.9 Å². The number of unbranched alkanes of at least 4 members (excludes halogenated alkanes) is 7. The molecule has 1 atom stereocenters. The SMILES string of the molecule is CCCCCCCCc1ccc(OCCOCCOCCOCCOCCCCCC(=O)Nc2cccc3c2C(=O)N(C2CCC(=O)NC2=O)C3=O)cc1. The fourth-order valence-electron chi connectivity index (χ4n) is 6.34. The number of nitrogens with one attached hydrogen (secondary N) is 2. The van der Waals surface area contributed by atoms with Crippen LogP contribution in [-0.2, 0) is 39.8 Å². The Balaban J connectivity index is 0.926. The second kappa shape index (κ2) is 24.3. The zero-order valence-corrected chi connectivity index (χ0v) is 31.7. The number of hydrogen-bond acceptors (Lipinski definition) is 10. The summed E-state index contributed by atoms with van der Waals surface area (Å²) in [6.07, 6.45) is 11.5. The first kappa shape index (κ1) is 42.6. The van der Waals surface area contributed by atoms with Crippen molar-refractivity contribution in [2.45, 2.75) is 96.4 Å². The number of imide groups is 2. The van der Waals surface area contributed by atoms with Crippen molar-refractivity contribution in [2.24, 2.45) is 0 Å². The van der Waals surface area contributed by atoms with E-state index in [1.54, 1.807) is 12.1 Å². The lowest BCUT2D eigenvalue weighted by Crippen LogP contribution is -2.54. The molecule has 1 unspecified atom stereocenters. The van der Waals surface area contributed by atoms with Crippen LogP contribution >= 0.6 is 0 Å². The van der Waals surface area contributed by atoms with E-state index >= 15 is 0 Å². The van der Waals surface area contributed by atoms with Crippen LogP contribution in [0.2, 0.25) is 0 Å². The lowest BCUT2D eigenvalue weighted by Gasteiger charge is -2.27.